The molecule has 0 spiro atoms. The largest absolute Gasteiger partial charge is 0.234 e. The lowest BCUT2D eigenvalue weighted by molar-refractivity contribution is 0.368. The van der Waals surface area contributed by atoms with Gasteiger partial charge in [0.1, 0.15) is 0 Å². The molecule has 61 valence electrons. The summed E-state index contributed by atoms with van der Waals surface area (Å²) in [6.45, 7) is 2.91. The molecular weight excluding hydrogens is 138 g/mol. The van der Waals surface area contributed by atoms with Crippen LogP contribution in [-0.2, 0) is 4.79 Å². The van der Waals surface area contributed by atoms with E-state index in [0.717, 1.165) is 5.92 Å². The molecule has 0 N–H and O–H groups in total. The average molecular weight is 152 g/mol. The Bertz CT molecular complexity index is 153. The molecule has 0 aromatic heterocycles. The Morgan fingerprint density at radius 3 is 3.00 bits per heavy atom. The standard InChI is InChI=1S/C9H14NO/c1-8-2-4-9(5-3-8)6-10-7-11/h4,8-9H,2-3,5-6H2,1H3. The lowest BCUT2D eigenvalue weighted by Gasteiger charge is -2.23. The molecule has 2 nitrogen and oxygen atoms in total. The molecule has 1 rings (SSSR count). The van der Waals surface area contributed by atoms with Crippen LogP contribution in [0.3, 0.4) is 0 Å². The van der Waals surface area contributed by atoms with Crippen molar-refractivity contribution >= 4 is 6.08 Å². The van der Waals surface area contributed by atoms with E-state index in [4.69, 9.17) is 0 Å². The molecule has 0 amide bonds. The minimum Gasteiger partial charge on any atom is -0.211 e. The minimum atomic E-state index is 0.535. The molecule has 2 atom stereocenters. The molecule has 1 aliphatic rings. The van der Waals surface area contributed by atoms with E-state index in [2.05, 4.69) is 18.3 Å². The van der Waals surface area contributed by atoms with Crippen molar-refractivity contribution < 1.29 is 4.79 Å². The van der Waals surface area contributed by atoms with Gasteiger partial charge in [-0.25, -0.2) is 9.79 Å². The van der Waals surface area contributed by atoms with Crippen molar-refractivity contribution in [1.82, 2.24) is 0 Å². The smallest absolute Gasteiger partial charge is 0.211 e. The third kappa shape index (κ3) is 2.85. The zero-order valence-corrected chi connectivity index (χ0v) is 6.92. The monoisotopic (exact) mass is 152 g/mol. The van der Waals surface area contributed by atoms with E-state index >= 15 is 0 Å². The summed E-state index contributed by atoms with van der Waals surface area (Å²) in [5.41, 5.74) is 0. The molecule has 1 radical (unpaired) electrons. The highest BCUT2D eigenvalue weighted by Gasteiger charge is 2.17. The fourth-order valence-electron chi connectivity index (χ4n) is 1.48. The second-order valence-corrected chi connectivity index (χ2v) is 3.35. The summed E-state index contributed by atoms with van der Waals surface area (Å²) in [7, 11) is 0. The number of hydrogen-bond acceptors (Lipinski definition) is 2. The number of isocyanates is 1. The molecule has 2 unspecified atom stereocenters. The average Bonchev–Trinajstić information content (AvgIpc) is 2.04. The lowest BCUT2D eigenvalue weighted by atomic mass is 9.83. The first-order chi connectivity index (χ1) is 5.33. The number of aliphatic imine (C=N–C) groups is 1. The van der Waals surface area contributed by atoms with Gasteiger partial charge < -0.3 is 0 Å². The second kappa shape index (κ2) is 4.30. The van der Waals surface area contributed by atoms with E-state index in [1.807, 2.05) is 0 Å². The van der Waals surface area contributed by atoms with Gasteiger partial charge in [-0.15, -0.1) is 0 Å². The van der Waals surface area contributed by atoms with Gasteiger partial charge in [-0.1, -0.05) is 13.3 Å². The summed E-state index contributed by atoms with van der Waals surface area (Å²) in [6.07, 6.45) is 7.51. The van der Waals surface area contributed by atoms with Crippen LogP contribution in [0.5, 0.6) is 0 Å². The third-order valence-corrected chi connectivity index (χ3v) is 2.29. The van der Waals surface area contributed by atoms with Gasteiger partial charge in [-0.2, -0.15) is 0 Å². The molecule has 1 aliphatic carbocycles. The second-order valence-electron chi connectivity index (χ2n) is 3.35. The molecule has 11 heavy (non-hydrogen) atoms. The lowest BCUT2D eigenvalue weighted by Crippen LogP contribution is -2.15. The summed E-state index contributed by atoms with van der Waals surface area (Å²) < 4.78 is 0. The Morgan fingerprint density at radius 1 is 1.64 bits per heavy atom. The number of nitrogens with zero attached hydrogens (tertiary/aromatic N) is 1. The maximum atomic E-state index is 9.81. The first-order valence-electron chi connectivity index (χ1n) is 4.20. The Balaban J connectivity index is 2.22. The van der Waals surface area contributed by atoms with Gasteiger partial charge in [0.15, 0.2) is 0 Å². The van der Waals surface area contributed by atoms with Gasteiger partial charge in [0.25, 0.3) is 0 Å². The summed E-state index contributed by atoms with van der Waals surface area (Å²) in [5, 5.41) is 0. The highest BCUT2D eigenvalue weighted by atomic mass is 16.1. The van der Waals surface area contributed by atoms with Gasteiger partial charge in [0, 0.05) is 0 Å². The van der Waals surface area contributed by atoms with Crippen molar-refractivity contribution in [2.24, 2.45) is 16.8 Å². The molecule has 0 aliphatic heterocycles. The predicted molar refractivity (Wildman–Crippen MR) is 43.8 cm³/mol. The van der Waals surface area contributed by atoms with Crippen LogP contribution in [0.2, 0.25) is 0 Å². The summed E-state index contributed by atoms with van der Waals surface area (Å²) >= 11 is 0. The van der Waals surface area contributed by atoms with Gasteiger partial charge in [-0.05, 0) is 31.1 Å². The van der Waals surface area contributed by atoms with Gasteiger partial charge in [0.2, 0.25) is 6.08 Å². The Labute approximate surface area is 67.7 Å². The molecule has 0 saturated heterocycles. The number of carbonyl (C=O) groups excluding carboxylic acids is 1. The van der Waals surface area contributed by atoms with Gasteiger partial charge >= 0.3 is 0 Å². The number of hydrogen-bond donors (Lipinski definition) is 0. The van der Waals surface area contributed by atoms with Crippen LogP contribution in [-0.4, -0.2) is 12.6 Å². The first-order valence-corrected chi connectivity index (χ1v) is 4.20. The highest BCUT2D eigenvalue weighted by molar-refractivity contribution is 5.32. The molecule has 0 aromatic rings. The highest BCUT2D eigenvalue weighted by Crippen LogP contribution is 2.27. The van der Waals surface area contributed by atoms with Crippen LogP contribution in [0.1, 0.15) is 26.2 Å². The fraction of sp³-hybridized carbons (Fsp3) is 0.778. The van der Waals surface area contributed by atoms with E-state index in [1.54, 1.807) is 6.08 Å². The van der Waals surface area contributed by atoms with Crippen molar-refractivity contribution in [2.45, 2.75) is 26.2 Å². The van der Waals surface area contributed by atoms with Crippen LogP contribution >= 0.6 is 0 Å². The van der Waals surface area contributed by atoms with Crippen molar-refractivity contribution in [2.75, 3.05) is 6.54 Å². The Morgan fingerprint density at radius 2 is 2.45 bits per heavy atom. The molecule has 1 fully saturated rings. The SMILES string of the molecule is CC1C[CH]C(CN=C=O)CC1. The first kappa shape index (κ1) is 8.48. The van der Waals surface area contributed by atoms with Crippen LogP contribution in [0.25, 0.3) is 0 Å². The molecule has 0 bridgehead atoms. The molecule has 0 heterocycles. The van der Waals surface area contributed by atoms with Crippen LogP contribution in [0, 0.1) is 18.3 Å². The third-order valence-electron chi connectivity index (χ3n) is 2.29. The van der Waals surface area contributed by atoms with Gasteiger partial charge in [-0.3, -0.25) is 0 Å². The summed E-state index contributed by atoms with van der Waals surface area (Å²) in [5.74, 6) is 1.36. The Kier molecular flexibility index (Phi) is 3.31. The fourth-order valence-corrected chi connectivity index (χ4v) is 1.48. The maximum Gasteiger partial charge on any atom is 0.234 e. The van der Waals surface area contributed by atoms with E-state index in [0.29, 0.717) is 12.5 Å². The molecule has 0 aromatic carbocycles. The van der Waals surface area contributed by atoms with E-state index in [-0.39, 0.29) is 0 Å². The maximum absolute atomic E-state index is 9.81. The normalized spacial score (nSPS) is 31.0. The zero-order chi connectivity index (χ0) is 8.10. The van der Waals surface area contributed by atoms with Crippen LogP contribution in [0.4, 0.5) is 0 Å². The zero-order valence-electron chi connectivity index (χ0n) is 6.92. The van der Waals surface area contributed by atoms with E-state index in [9.17, 15) is 4.79 Å². The van der Waals surface area contributed by atoms with Crippen LogP contribution < -0.4 is 0 Å². The molecule has 1 saturated carbocycles. The van der Waals surface area contributed by atoms with Crippen LogP contribution in [0.15, 0.2) is 4.99 Å². The van der Waals surface area contributed by atoms with Crippen molar-refractivity contribution in [3.8, 4) is 0 Å². The minimum absolute atomic E-state index is 0.535. The van der Waals surface area contributed by atoms with Crippen molar-refractivity contribution in [3.05, 3.63) is 6.42 Å². The van der Waals surface area contributed by atoms with E-state index < -0.39 is 0 Å². The van der Waals surface area contributed by atoms with Gasteiger partial charge in [0.05, 0.1) is 6.54 Å². The predicted octanol–water partition coefficient (Wildman–Crippen LogP) is 1.96. The van der Waals surface area contributed by atoms with Crippen molar-refractivity contribution in [1.29, 1.82) is 0 Å². The molecule has 2 heteroatoms. The van der Waals surface area contributed by atoms with Crippen molar-refractivity contribution in [3.63, 3.8) is 0 Å². The molecular formula is C9H14NO. The van der Waals surface area contributed by atoms with E-state index in [1.165, 1.54) is 19.3 Å². The summed E-state index contributed by atoms with van der Waals surface area (Å²) in [6, 6.07) is 0. The topological polar surface area (TPSA) is 29.4 Å². The quantitative estimate of drug-likeness (QED) is 0.439. The summed E-state index contributed by atoms with van der Waals surface area (Å²) in [4.78, 5) is 13.4. The Hall–Kier alpha value is -0.620. The number of rotatable bonds is 2.